The Labute approximate surface area is 205 Å². The van der Waals surface area contributed by atoms with Crippen molar-refractivity contribution in [1.29, 1.82) is 0 Å². The maximum absolute atomic E-state index is 11.9. The molecule has 0 saturated carbocycles. The Morgan fingerprint density at radius 1 is 0.647 bits per heavy atom. The van der Waals surface area contributed by atoms with Gasteiger partial charge >= 0.3 is 11.9 Å². The van der Waals surface area contributed by atoms with E-state index in [0.29, 0.717) is 13.2 Å². The molecule has 0 aliphatic rings. The van der Waals surface area contributed by atoms with Gasteiger partial charge in [-0.2, -0.15) is 4.98 Å². The van der Waals surface area contributed by atoms with Crippen LogP contribution in [0.15, 0.2) is 6.33 Å². The highest BCUT2D eigenvalue weighted by Gasteiger charge is 2.08. The number of nitrogens with one attached hydrogen (secondary N) is 2. The molecular formula is C25H45N5O4. The summed E-state index contributed by atoms with van der Waals surface area (Å²) in [6, 6.07) is 0. The fourth-order valence-corrected chi connectivity index (χ4v) is 3.36. The molecule has 1 aromatic heterocycles. The second-order valence-corrected chi connectivity index (χ2v) is 8.52. The zero-order valence-corrected chi connectivity index (χ0v) is 21.3. The molecule has 0 fully saturated rings. The molecule has 1 aromatic rings. The summed E-state index contributed by atoms with van der Waals surface area (Å²) in [4.78, 5) is 35.9. The number of rotatable bonds is 22. The van der Waals surface area contributed by atoms with Crippen LogP contribution in [0.1, 0.15) is 104 Å². The van der Waals surface area contributed by atoms with E-state index in [1.54, 1.807) is 0 Å². The van der Waals surface area contributed by atoms with E-state index in [4.69, 9.17) is 9.47 Å². The van der Waals surface area contributed by atoms with Crippen LogP contribution in [0, 0.1) is 0 Å². The van der Waals surface area contributed by atoms with Crippen molar-refractivity contribution >= 4 is 23.8 Å². The van der Waals surface area contributed by atoms with Crippen molar-refractivity contribution in [3.63, 3.8) is 0 Å². The van der Waals surface area contributed by atoms with Crippen LogP contribution in [0.4, 0.5) is 11.9 Å². The van der Waals surface area contributed by atoms with Crippen molar-refractivity contribution in [2.75, 3.05) is 36.9 Å². The van der Waals surface area contributed by atoms with Gasteiger partial charge in [0.2, 0.25) is 11.9 Å². The van der Waals surface area contributed by atoms with Crippen LogP contribution in [-0.2, 0) is 19.1 Å². The number of hydrogen-bond acceptors (Lipinski definition) is 9. The Kier molecular flexibility index (Phi) is 18.4. The van der Waals surface area contributed by atoms with Gasteiger partial charge in [-0.25, -0.2) is 9.97 Å². The Hall–Kier alpha value is -2.45. The fourth-order valence-electron chi connectivity index (χ4n) is 3.36. The van der Waals surface area contributed by atoms with Crippen molar-refractivity contribution < 1.29 is 19.1 Å². The lowest BCUT2D eigenvalue weighted by molar-refractivity contribution is -0.142. The highest BCUT2D eigenvalue weighted by Crippen LogP contribution is 2.08. The molecule has 0 spiro atoms. The van der Waals surface area contributed by atoms with Crippen molar-refractivity contribution in [3.05, 3.63) is 6.33 Å². The van der Waals surface area contributed by atoms with E-state index in [1.165, 1.54) is 70.5 Å². The minimum atomic E-state index is -0.352. The summed E-state index contributed by atoms with van der Waals surface area (Å²) in [5.41, 5.74) is 0. The first-order valence-electron chi connectivity index (χ1n) is 13.1. The third-order valence-electron chi connectivity index (χ3n) is 5.38. The number of unbranched alkanes of at least 4 members (excludes halogenated alkanes) is 12. The molecule has 0 aliphatic heterocycles. The normalized spacial score (nSPS) is 10.6. The molecule has 9 nitrogen and oxygen atoms in total. The predicted octanol–water partition coefficient (Wildman–Crippen LogP) is 5.28. The van der Waals surface area contributed by atoms with E-state index in [2.05, 4.69) is 39.4 Å². The summed E-state index contributed by atoms with van der Waals surface area (Å²) in [6.07, 6.45) is 17.7. The van der Waals surface area contributed by atoms with E-state index in [-0.39, 0.29) is 36.9 Å². The second kappa shape index (κ2) is 21.1. The average Bonchev–Trinajstić information content (AvgIpc) is 2.85. The number of anilines is 2. The number of carbonyl (C=O) groups is 2. The highest BCUT2D eigenvalue weighted by molar-refractivity contribution is 5.75. The third kappa shape index (κ3) is 17.1. The predicted molar refractivity (Wildman–Crippen MR) is 135 cm³/mol. The van der Waals surface area contributed by atoms with Crippen LogP contribution in [-0.4, -0.2) is 53.2 Å². The van der Waals surface area contributed by atoms with Crippen LogP contribution in [0.25, 0.3) is 0 Å². The van der Waals surface area contributed by atoms with E-state index < -0.39 is 0 Å². The fraction of sp³-hybridized carbons (Fsp3) is 0.800. The summed E-state index contributed by atoms with van der Waals surface area (Å²) >= 11 is 0. The molecular weight excluding hydrogens is 434 g/mol. The molecule has 194 valence electrons. The molecule has 0 radical (unpaired) electrons. The van der Waals surface area contributed by atoms with Crippen LogP contribution >= 0.6 is 0 Å². The van der Waals surface area contributed by atoms with Gasteiger partial charge in [-0.05, 0) is 12.8 Å². The van der Waals surface area contributed by atoms with Gasteiger partial charge in [0.1, 0.15) is 19.4 Å². The zero-order valence-electron chi connectivity index (χ0n) is 21.3. The molecule has 0 amide bonds. The number of esters is 2. The maximum atomic E-state index is 11.9. The molecule has 0 unspecified atom stereocenters. The number of hydrogen-bond donors (Lipinski definition) is 2. The lowest BCUT2D eigenvalue weighted by Gasteiger charge is -2.08. The molecule has 0 saturated heterocycles. The molecule has 0 aromatic carbocycles. The summed E-state index contributed by atoms with van der Waals surface area (Å²) in [6.45, 7) is 5.22. The second-order valence-electron chi connectivity index (χ2n) is 8.52. The van der Waals surface area contributed by atoms with Crippen molar-refractivity contribution in [2.24, 2.45) is 0 Å². The van der Waals surface area contributed by atoms with E-state index >= 15 is 0 Å². The topological polar surface area (TPSA) is 115 Å². The molecule has 0 atom stereocenters. The van der Waals surface area contributed by atoms with E-state index in [9.17, 15) is 9.59 Å². The molecule has 1 rings (SSSR count). The molecule has 0 bridgehead atoms. The van der Waals surface area contributed by atoms with Crippen molar-refractivity contribution in [1.82, 2.24) is 15.0 Å². The van der Waals surface area contributed by atoms with Gasteiger partial charge in [0.25, 0.3) is 0 Å². The smallest absolute Gasteiger partial charge is 0.325 e. The van der Waals surface area contributed by atoms with E-state index in [0.717, 1.165) is 25.7 Å². The standard InChI is InChI=1S/C25H45N5O4/c1-3-5-7-9-11-13-15-17-33-22(31)19-26-24-28-21-29-25(30-24)27-20-23(32)34-18-16-14-12-10-8-6-4-2/h21H,3-20H2,1-2H3,(H2,26,27,28,29,30). The number of ether oxygens (including phenoxy) is 2. The highest BCUT2D eigenvalue weighted by atomic mass is 16.5. The van der Waals surface area contributed by atoms with Gasteiger partial charge < -0.3 is 20.1 Å². The summed E-state index contributed by atoms with van der Waals surface area (Å²) in [5.74, 6) is -0.228. The average molecular weight is 480 g/mol. The molecule has 0 aliphatic carbocycles. The minimum Gasteiger partial charge on any atom is -0.464 e. The number of aromatic nitrogens is 3. The van der Waals surface area contributed by atoms with E-state index in [1.807, 2.05) is 0 Å². The molecule has 2 N–H and O–H groups in total. The first-order valence-corrected chi connectivity index (χ1v) is 13.1. The molecule has 1 heterocycles. The van der Waals surface area contributed by atoms with Gasteiger partial charge in [0.15, 0.2) is 0 Å². The van der Waals surface area contributed by atoms with Crippen molar-refractivity contribution in [2.45, 2.75) is 104 Å². The van der Waals surface area contributed by atoms with Crippen LogP contribution < -0.4 is 10.6 Å². The lowest BCUT2D eigenvalue weighted by Crippen LogP contribution is -2.21. The Morgan fingerprint density at radius 3 is 1.44 bits per heavy atom. The lowest BCUT2D eigenvalue weighted by atomic mass is 10.1. The Balaban J connectivity index is 2.10. The van der Waals surface area contributed by atoms with Crippen LogP contribution in [0.2, 0.25) is 0 Å². The Bertz CT molecular complexity index is 609. The summed E-state index contributed by atoms with van der Waals surface area (Å²) < 4.78 is 10.5. The SMILES string of the molecule is CCCCCCCCCOC(=O)CNc1ncnc(NCC(=O)OCCCCCCCCC)n1. The summed E-state index contributed by atoms with van der Waals surface area (Å²) in [7, 11) is 0. The first-order chi connectivity index (χ1) is 16.7. The monoisotopic (exact) mass is 479 g/mol. The molecule has 9 heteroatoms. The maximum Gasteiger partial charge on any atom is 0.325 e. The van der Waals surface area contributed by atoms with Crippen LogP contribution in [0.3, 0.4) is 0 Å². The van der Waals surface area contributed by atoms with Gasteiger partial charge in [0, 0.05) is 0 Å². The Morgan fingerprint density at radius 2 is 1.03 bits per heavy atom. The number of carbonyl (C=O) groups excluding carboxylic acids is 2. The first kappa shape index (κ1) is 29.6. The van der Waals surface area contributed by atoms with Gasteiger partial charge in [-0.3, -0.25) is 9.59 Å². The molecule has 34 heavy (non-hydrogen) atoms. The minimum absolute atomic E-state index is 0.0273. The number of nitrogens with zero attached hydrogens (tertiary/aromatic N) is 3. The van der Waals surface area contributed by atoms with Gasteiger partial charge in [-0.1, -0.05) is 90.9 Å². The summed E-state index contributed by atoms with van der Waals surface area (Å²) in [5, 5.41) is 5.64. The largest absolute Gasteiger partial charge is 0.464 e. The van der Waals surface area contributed by atoms with Gasteiger partial charge in [0.05, 0.1) is 13.2 Å². The van der Waals surface area contributed by atoms with Crippen LogP contribution in [0.5, 0.6) is 0 Å². The third-order valence-corrected chi connectivity index (χ3v) is 5.38. The zero-order chi connectivity index (χ0) is 24.7. The van der Waals surface area contributed by atoms with Crippen molar-refractivity contribution in [3.8, 4) is 0 Å². The van der Waals surface area contributed by atoms with Gasteiger partial charge in [-0.15, -0.1) is 0 Å². The quantitative estimate of drug-likeness (QED) is 0.169.